The summed E-state index contributed by atoms with van der Waals surface area (Å²) < 4.78 is 1.74. The molecule has 4 rings (SSSR count). The third-order valence-corrected chi connectivity index (χ3v) is 6.02. The minimum atomic E-state index is -0.332. The molecule has 1 aromatic heterocycles. The summed E-state index contributed by atoms with van der Waals surface area (Å²) in [5, 5.41) is 22.1. The van der Waals surface area contributed by atoms with Crippen molar-refractivity contribution in [2.45, 2.75) is 39.0 Å². The zero-order chi connectivity index (χ0) is 22.7. The highest BCUT2D eigenvalue weighted by Gasteiger charge is 2.24. The van der Waals surface area contributed by atoms with Crippen LogP contribution in [0.4, 0.5) is 0 Å². The topological polar surface area (TPSA) is 82.5 Å². The lowest BCUT2D eigenvalue weighted by Gasteiger charge is -2.23. The van der Waals surface area contributed by atoms with Gasteiger partial charge in [-0.05, 0) is 75.3 Å². The first kappa shape index (κ1) is 21.5. The molecule has 0 unspecified atom stereocenters. The Morgan fingerprint density at radius 1 is 1.22 bits per heavy atom. The summed E-state index contributed by atoms with van der Waals surface area (Å²) in [6, 6.07) is 19.0. The lowest BCUT2D eigenvalue weighted by atomic mass is 9.82. The van der Waals surface area contributed by atoms with E-state index < -0.39 is 0 Å². The van der Waals surface area contributed by atoms with E-state index in [1.54, 1.807) is 22.9 Å². The molecule has 1 fully saturated rings. The Kier molecular flexibility index (Phi) is 6.13. The van der Waals surface area contributed by atoms with Crippen LogP contribution in [0.2, 0.25) is 0 Å². The number of aryl methyl sites for hydroxylation is 1. The summed E-state index contributed by atoms with van der Waals surface area (Å²) in [4.78, 5) is 13.1. The van der Waals surface area contributed by atoms with Crippen LogP contribution in [0.25, 0.3) is 16.9 Å². The molecular formula is C27H26N4O. The van der Waals surface area contributed by atoms with Crippen molar-refractivity contribution >= 4 is 11.5 Å². The van der Waals surface area contributed by atoms with Crippen LogP contribution in [0.3, 0.4) is 0 Å². The van der Waals surface area contributed by atoms with Crippen molar-refractivity contribution in [2.75, 3.05) is 0 Å². The Morgan fingerprint density at radius 3 is 2.59 bits per heavy atom. The standard InChI is InChI=1S/C27H26N4O/c1-18-6-12-23(13-7-18)31-26(22-10-8-20(17-28)9-11-22)16-25(30-31)27(32)24(29)15-21-5-3-4-19(2)14-21/h6-13,16,21,29H,2-5,14-15H2,1H3/t21-/m1/s1. The lowest BCUT2D eigenvalue weighted by Crippen LogP contribution is -2.20. The molecule has 0 spiro atoms. The summed E-state index contributed by atoms with van der Waals surface area (Å²) in [5.74, 6) is -0.0215. The smallest absolute Gasteiger partial charge is 0.226 e. The molecule has 32 heavy (non-hydrogen) atoms. The van der Waals surface area contributed by atoms with Crippen LogP contribution in [-0.2, 0) is 0 Å². The maximum atomic E-state index is 13.1. The molecule has 1 saturated carbocycles. The van der Waals surface area contributed by atoms with Crippen molar-refractivity contribution in [3.63, 3.8) is 0 Å². The summed E-state index contributed by atoms with van der Waals surface area (Å²) in [5.41, 5.74) is 5.73. The SMILES string of the molecule is C=C1CCC[C@@H](CC(=N)C(=O)c2cc(-c3ccc(C#N)cc3)n(-c3ccc(C)cc3)n2)C1. The number of nitrogens with one attached hydrogen (secondary N) is 1. The third kappa shape index (κ3) is 4.60. The van der Waals surface area contributed by atoms with Crippen molar-refractivity contribution in [3.05, 3.63) is 83.6 Å². The summed E-state index contributed by atoms with van der Waals surface area (Å²) >= 11 is 0. The fourth-order valence-corrected chi connectivity index (χ4v) is 4.26. The minimum absolute atomic E-state index is 0.102. The average molecular weight is 423 g/mol. The van der Waals surface area contributed by atoms with Crippen LogP contribution < -0.4 is 0 Å². The lowest BCUT2D eigenvalue weighted by molar-refractivity contribution is 0.105. The molecule has 0 radical (unpaired) electrons. The second-order valence-corrected chi connectivity index (χ2v) is 8.58. The van der Waals surface area contributed by atoms with Gasteiger partial charge in [-0.3, -0.25) is 4.79 Å². The van der Waals surface area contributed by atoms with E-state index >= 15 is 0 Å². The highest BCUT2D eigenvalue weighted by molar-refractivity contribution is 6.44. The van der Waals surface area contributed by atoms with E-state index in [2.05, 4.69) is 17.7 Å². The quantitative estimate of drug-likeness (QED) is 0.298. The van der Waals surface area contributed by atoms with Crippen molar-refractivity contribution in [3.8, 4) is 23.0 Å². The maximum Gasteiger partial charge on any atom is 0.226 e. The van der Waals surface area contributed by atoms with Gasteiger partial charge in [0.15, 0.2) is 0 Å². The molecule has 1 atom stereocenters. The van der Waals surface area contributed by atoms with Gasteiger partial charge in [-0.2, -0.15) is 10.4 Å². The Labute approximate surface area is 188 Å². The number of nitrogens with zero attached hydrogens (tertiary/aromatic N) is 3. The van der Waals surface area contributed by atoms with Crippen molar-refractivity contribution in [1.29, 1.82) is 10.7 Å². The molecule has 0 amide bonds. The third-order valence-electron chi connectivity index (χ3n) is 6.02. The highest BCUT2D eigenvalue weighted by Crippen LogP contribution is 2.30. The maximum absolute atomic E-state index is 13.1. The molecule has 0 bridgehead atoms. The van der Waals surface area contributed by atoms with E-state index in [9.17, 15) is 4.79 Å². The zero-order valence-electron chi connectivity index (χ0n) is 18.3. The Balaban J connectivity index is 1.67. The average Bonchev–Trinajstić information content (AvgIpc) is 3.24. The molecule has 1 aliphatic rings. The molecule has 3 aromatic rings. The fourth-order valence-electron chi connectivity index (χ4n) is 4.26. The number of allylic oxidation sites excluding steroid dienone is 1. The molecule has 5 heteroatoms. The van der Waals surface area contributed by atoms with Crippen molar-refractivity contribution in [1.82, 2.24) is 9.78 Å². The van der Waals surface area contributed by atoms with Crippen LogP contribution >= 0.6 is 0 Å². The van der Waals surface area contributed by atoms with Gasteiger partial charge < -0.3 is 5.41 Å². The van der Waals surface area contributed by atoms with Gasteiger partial charge in [0.25, 0.3) is 0 Å². The number of aromatic nitrogens is 2. The van der Waals surface area contributed by atoms with Crippen molar-refractivity contribution < 1.29 is 4.79 Å². The first-order valence-corrected chi connectivity index (χ1v) is 10.9. The van der Waals surface area contributed by atoms with Crippen LogP contribution in [0.5, 0.6) is 0 Å². The van der Waals surface area contributed by atoms with Gasteiger partial charge >= 0.3 is 0 Å². The Morgan fingerprint density at radius 2 is 1.94 bits per heavy atom. The number of ketones is 1. The van der Waals surface area contributed by atoms with E-state index in [1.165, 1.54) is 5.57 Å². The molecule has 160 valence electrons. The zero-order valence-corrected chi connectivity index (χ0v) is 18.3. The van der Waals surface area contributed by atoms with E-state index in [0.29, 0.717) is 17.9 Å². The van der Waals surface area contributed by atoms with Gasteiger partial charge in [-0.1, -0.05) is 42.0 Å². The first-order chi connectivity index (χ1) is 15.4. The number of carbonyl (C=O) groups excluding carboxylic acids is 1. The minimum Gasteiger partial charge on any atom is -0.301 e. The van der Waals surface area contributed by atoms with Gasteiger partial charge in [0.1, 0.15) is 5.69 Å². The van der Waals surface area contributed by atoms with Crippen LogP contribution in [0, 0.1) is 29.6 Å². The monoisotopic (exact) mass is 422 g/mol. The van der Waals surface area contributed by atoms with Crippen LogP contribution in [0.1, 0.15) is 53.7 Å². The number of Topliss-reactive ketones (excluding diaryl/α,β-unsaturated/α-hetero) is 1. The second-order valence-electron chi connectivity index (χ2n) is 8.58. The Bertz CT molecular complexity index is 1210. The summed E-state index contributed by atoms with van der Waals surface area (Å²) in [6.45, 7) is 6.10. The highest BCUT2D eigenvalue weighted by atomic mass is 16.1. The molecule has 1 heterocycles. The van der Waals surface area contributed by atoms with E-state index in [0.717, 1.165) is 48.2 Å². The van der Waals surface area contributed by atoms with Crippen LogP contribution in [-0.4, -0.2) is 21.3 Å². The van der Waals surface area contributed by atoms with E-state index in [-0.39, 0.29) is 17.2 Å². The number of nitriles is 1. The summed E-state index contributed by atoms with van der Waals surface area (Å²) in [6.07, 6.45) is 4.51. The number of hydrogen-bond donors (Lipinski definition) is 1. The molecule has 1 N–H and O–H groups in total. The summed E-state index contributed by atoms with van der Waals surface area (Å²) in [7, 11) is 0. The van der Waals surface area contributed by atoms with E-state index in [1.807, 2.05) is 43.3 Å². The van der Waals surface area contributed by atoms with Gasteiger partial charge in [0.05, 0.1) is 28.7 Å². The Hall–Kier alpha value is -3.78. The van der Waals surface area contributed by atoms with Gasteiger partial charge in [0.2, 0.25) is 5.78 Å². The molecule has 5 nitrogen and oxygen atoms in total. The normalized spacial score (nSPS) is 15.9. The van der Waals surface area contributed by atoms with Gasteiger partial charge in [0, 0.05) is 5.56 Å². The first-order valence-electron chi connectivity index (χ1n) is 10.9. The molecule has 1 aliphatic carbocycles. The molecule has 0 saturated heterocycles. The van der Waals surface area contributed by atoms with Crippen molar-refractivity contribution in [2.24, 2.45) is 5.92 Å². The number of rotatable bonds is 6. The number of carbonyl (C=O) groups is 1. The van der Waals surface area contributed by atoms with Gasteiger partial charge in [-0.25, -0.2) is 4.68 Å². The predicted molar refractivity (Wildman–Crippen MR) is 126 cm³/mol. The predicted octanol–water partition coefficient (Wildman–Crippen LogP) is 6.06. The molecule has 0 aliphatic heterocycles. The number of benzene rings is 2. The van der Waals surface area contributed by atoms with Crippen LogP contribution in [0.15, 0.2) is 66.7 Å². The fraction of sp³-hybridized carbons (Fsp3) is 0.259. The molecular weight excluding hydrogens is 396 g/mol. The largest absolute Gasteiger partial charge is 0.301 e. The van der Waals surface area contributed by atoms with E-state index in [4.69, 9.17) is 10.7 Å². The van der Waals surface area contributed by atoms with Gasteiger partial charge in [-0.15, -0.1) is 0 Å². The second kappa shape index (κ2) is 9.15. The number of hydrogen-bond acceptors (Lipinski definition) is 4. The molecule has 2 aromatic carbocycles.